The number of hydrogen-bond donors (Lipinski definition) is 0. The van der Waals surface area contributed by atoms with Crippen LogP contribution in [0.5, 0.6) is 5.75 Å². The van der Waals surface area contributed by atoms with Gasteiger partial charge in [0, 0.05) is 17.6 Å². The summed E-state index contributed by atoms with van der Waals surface area (Å²) in [4.78, 5) is 25.2. The Bertz CT molecular complexity index is 1110. The number of nitrogens with zero attached hydrogens (tertiary/aromatic N) is 1. The first-order chi connectivity index (χ1) is 13.7. The number of methoxy groups -OCH3 is 1. The van der Waals surface area contributed by atoms with Gasteiger partial charge in [0.2, 0.25) is 0 Å². The van der Waals surface area contributed by atoms with Gasteiger partial charge in [-0.25, -0.2) is 0 Å². The fraction of sp³-hybridized carbons (Fsp3) is 0.304. The van der Waals surface area contributed by atoms with Crippen molar-refractivity contribution in [3.63, 3.8) is 0 Å². The van der Waals surface area contributed by atoms with Gasteiger partial charge in [-0.05, 0) is 62.1 Å². The number of rotatable bonds is 5. The Kier molecular flexibility index (Phi) is 5.82. The van der Waals surface area contributed by atoms with Crippen molar-refractivity contribution in [3.8, 4) is 16.9 Å². The van der Waals surface area contributed by atoms with Crippen LogP contribution < -0.4 is 10.3 Å². The van der Waals surface area contributed by atoms with Crippen LogP contribution in [0.3, 0.4) is 0 Å². The number of halogens is 1. The third-order valence-electron chi connectivity index (χ3n) is 4.66. The van der Waals surface area contributed by atoms with Gasteiger partial charge in [-0.15, -0.1) is 0 Å². The molecule has 2 aromatic carbocycles. The Morgan fingerprint density at radius 2 is 1.72 bits per heavy atom. The molecule has 1 aromatic heterocycles. The van der Waals surface area contributed by atoms with E-state index in [1.807, 2.05) is 39.0 Å². The predicted molar refractivity (Wildman–Crippen MR) is 116 cm³/mol. The van der Waals surface area contributed by atoms with Crippen molar-refractivity contribution in [2.24, 2.45) is 7.05 Å². The van der Waals surface area contributed by atoms with E-state index in [9.17, 15) is 9.59 Å². The quantitative estimate of drug-likeness (QED) is 0.557. The number of aldehydes is 1. The molecule has 0 aliphatic rings. The first-order valence-corrected chi connectivity index (χ1v) is 9.63. The second-order valence-electron chi connectivity index (χ2n) is 7.83. The van der Waals surface area contributed by atoms with Crippen molar-refractivity contribution in [3.05, 3.63) is 63.5 Å². The lowest BCUT2D eigenvalue weighted by Crippen LogP contribution is -2.30. The highest BCUT2D eigenvalue weighted by Crippen LogP contribution is 2.37. The first kappa shape index (κ1) is 21.1. The number of ether oxygens (including phenoxy) is 2. The maximum absolute atomic E-state index is 13.2. The molecule has 1 heterocycles. The molecule has 1 unspecified atom stereocenters. The van der Waals surface area contributed by atoms with Crippen molar-refractivity contribution in [1.82, 2.24) is 4.57 Å². The van der Waals surface area contributed by atoms with Crippen molar-refractivity contribution in [2.45, 2.75) is 32.5 Å². The third-order valence-corrected chi connectivity index (χ3v) is 4.91. The number of carbonyl (C=O) groups excluding carboxylic acids is 1. The minimum atomic E-state index is -0.912. The lowest BCUT2D eigenvalue weighted by Gasteiger charge is -2.28. The van der Waals surface area contributed by atoms with Crippen molar-refractivity contribution >= 4 is 28.7 Å². The molecular formula is C23H24ClNO4. The zero-order valence-electron chi connectivity index (χ0n) is 17.2. The number of carbonyl (C=O) groups is 1. The molecule has 0 bridgehead atoms. The highest BCUT2D eigenvalue weighted by molar-refractivity contribution is 6.30. The number of hydrogen-bond acceptors (Lipinski definition) is 4. The Morgan fingerprint density at radius 3 is 2.28 bits per heavy atom. The largest absolute Gasteiger partial charge is 0.497 e. The van der Waals surface area contributed by atoms with Gasteiger partial charge in [0.25, 0.3) is 5.56 Å². The average Bonchev–Trinajstić information content (AvgIpc) is 2.68. The van der Waals surface area contributed by atoms with Crippen molar-refractivity contribution in [2.75, 3.05) is 7.11 Å². The monoisotopic (exact) mass is 413 g/mol. The van der Waals surface area contributed by atoms with E-state index in [0.29, 0.717) is 21.9 Å². The molecule has 29 heavy (non-hydrogen) atoms. The van der Waals surface area contributed by atoms with Crippen LogP contribution in [0.1, 0.15) is 32.6 Å². The van der Waals surface area contributed by atoms with E-state index in [1.165, 1.54) is 4.57 Å². The summed E-state index contributed by atoms with van der Waals surface area (Å²) in [7, 11) is 3.21. The number of aromatic nitrogens is 1. The van der Waals surface area contributed by atoms with Gasteiger partial charge in [0.1, 0.15) is 5.75 Å². The van der Waals surface area contributed by atoms with E-state index in [0.717, 1.165) is 22.8 Å². The number of benzene rings is 2. The molecule has 1 atom stereocenters. The molecule has 3 rings (SSSR count). The van der Waals surface area contributed by atoms with E-state index < -0.39 is 11.7 Å². The molecule has 152 valence electrons. The van der Waals surface area contributed by atoms with Gasteiger partial charge in [-0.2, -0.15) is 0 Å². The van der Waals surface area contributed by atoms with Gasteiger partial charge in [-0.3, -0.25) is 4.79 Å². The normalized spacial score (nSPS) is 12.8. The van der Waals surface area contributed by atoms with E-state index in [-0.39, 0.29) is 5.56 Å². The molecule has 0 amide bonds. The van der Waals surface area contributed by atoms with Crippen molar-refractivity contribution in [1.29, 1.82) is 0 Å². The minimum Gasteiger partial charge on any atom is -0.497 e. The summed E-state index contributed by atoms with van der Waals surface area (Å²) in [6, 6.07) is 12.6. The van der Waals surface area contributed by atoms with Crippen LogP contribution in [0.2, 0.25) is 5.02 Å². The minimum absolute atomic E-state index is 0.226. The van der Waals surface area contributed by atoms with Crippen LogP contribution in [0, 0.1) is 0 Å². The molecule has 0 aliphatic carbocycles. The zero-order chi connectivity index (χ0) is 21.3. The van der Waals surface area contributed by atoms with Gasteiger partial charge in [-0.1, -0.05) is 23.7 Å². The van der Waals surface area contributed by atoms with Crippen LogP contribution >= 0.6 is 11.6 Å². The molecule has 0 aliphatic heterocycles. The summed E-state index contributed by atoms with van der Waals surface area (Å²) >= 11 is 6.08. The summed E-state index contributed by atoms with van der Waals surface area (Å²) in [5, 5.41) is 1.82. The summed E-state index contributed by atoms with van der Waals surface area (Å²) in [5.74, 6) is 0.585. The first-order valence-electron chi connectivity index (χ1n) is 9.26. The predicted octanol–water partition coefficient (Wildman–Crippen LogP) is 4.92. The van der Waals surface area contributed by atoms with E-state index in [4.69, 9.17) is 21.1 Å². The molecule has 0 fully saturated rings. The van der Waals surface area contributed by atoms with Crippen LogP contribution in [0.15, 0.2) is 47.3 Å². The lowest BCUT2D eigenvalue weighted by molar-refractivity contribution is -0.129. The molecule has 0 spiro atoms. The Morgan fingerprint density at radius 1 is 1.07 bits per heavy atom. The maximum atomic E-state index is 13.2. The fourth-order valence-corrected chi connectivity index (χ4v) is 3.55. The molecule has 0 saturated heterocycles. The SMILES string of the molecule is COc1ccc2c(-c3ccc(Cl)cc3)c(C(C=O)OC(C)(C)C)n(C)c(=O)c2c1. The Hall–Kier alpha value is -2.63. The van der Waals surface area contributed by atoms with Crippen LogP contribution in [0.4, 0.5) is 0 Å². The molecule has 3 aromatic rings. The highest BCUT2D eigenvalue weighted by Gasteiger charge is 2.27. The molecule has 5 nitrogen and oxygen atoms in total. The van der Waals surface area contributed by atoms with Gasteiger partial charge < -0.3 is 18.8 Å². The highest BCUT2D eigenvalue weighted by atomic mass is 35.5. The van der Waals surface area contributed by atoms with E-state index in [1.54, 1.807) is 38.4 Å². The Balaban J connectivity index is 2.44. The van der Waals surface area contributed by atoms with Crippen LogP contribution in [0.25, 0.3) is 21.9 Å². The van der Waals surface area contributed by atoms with Gasteiger partial charge in [0.15, 0.2) is 12.4 Å². The molecule has 0 radical (unpaired) electrons. The summed E-state index contributed by atoms with van der Waals surface area (Å²) in [6.45, 7) is 5.61. The lowest BCUT2D eigenvalue weighted by atomic mass is 9.94. The van der Waals surface area contributed by atoms with Crippen molar-refractivity contribution < 1.29 is 14.3 Å². The zero-order valence-corrected chi connectivity index (χ0v) is 17.9. The molecule has 0 N–H and O–H groups in total. The van der Waals surface area contributed by atoms with Crippen LogP contribution in [-0.2, 0) is 16.6 Å². The van der Waals surface area contributed by atoms with Crippen LogP contribution in [-0.4, -0.2) is 23.6 Å². The number of fused-ring (bicyclic) bond motifs is 1. The average molecular weight is 414 g/mol. The molecule has 0 saturated carbocycles. The second kappa shape index (κ2) is 8.01. The fourth-order valence-electron chi connectivity index (χ4n) is 3.42. The summed E-state index contributed by atoms with van der Waals surface area (Å²) < 4.78 is 12.8. The third kappa shape index (κ3) is 4.21. The summed E-state index contributed by atoms with van der Waals surface area (Å²) in [5.41, 5.74) is 1.28. The summed E-state index contributed by atoms with van der Waals surface area (Å²) in [6.07, 6.45) is -0.181. The van der Waals surface area contributed by atoms with E-state index in [2.05, 4.69) is 0 Å². The smallest absolute Gasteiger partial charge is 0.258 e. The van der Waals surface area contributed by atoms with E-state index >= 15 is 0 Å². The second-order valence-corrected chi connectivity index (χ2v) is 8.27. The molecule has 6 heteroatoms. The van der Waals surface area contributed by atoms with Gasteiger partial charge >= 0.3 is 0 Å². The molecular weight excluding hydrogens is 390 g/mol. The van der Waals surface area contributed by atoms with Gasteiger partial charge in [0.05, 0.1) is 23.8 Å². The topological polar surface area (TPSA) is 57.5 Å². The number of pyridine rings is 1. The Labute approximate surface area is 174 Å². The maximum Gasteiger partial charge on any atom is 0.258 e. The standard InChI is InChI=1S/C23H24ClNO4/c1-23(2,3)29-19(13-26)21-20(14-6-8-15(24)9-7-14)17-11-10-16(28-5)12-18(17)22(27)25(21)4/h6-13,19H,1-5H3.